The first-order valence-electron chi connectivity index (χ1n) is 7.92. The summed E-state index contributed by atoms with van der Waals surface area (Å²) >= 11 is 0. The van der Waals surface area contributed by atoms with Crippen molar-refractivity contribution in [3.63, 3.8) is 0 Å². The van der Waals surface area contributed by atoms with Gasteiger partial charge in [-0.1, -0.05) is 13.3 Å². The van der Waals surface area contributed by atoms with Gasteiger partial charge in [0.15, 0.2) is 0 Å². The average molecular weight is 314 g/mol. The van der Waals surface area contributed by atoms with Gasteiger partial charge in [-0.05, 0) is 31.9 Å². The lowest BCUT2D eigenvalue weighted by Crippen LogP contribution is -2.44. The fourth-order valence-electron chi connectivity index (χ4n) is 3.28. The Morgan fingerprint density at radius 3 is 2.91 bits per heavy atom. The summed E-state index contributed by atoms with van der Waals surface area (Å²) in [4.78, 5) is 16.6. The second-order valence-electron chi connectivity index (χ2n) is 6.49. The molecule has 1 amide bonds. The molecule has 122 valence electrons. The molecule has 1 aliphatic rings. The fourth-order valence-corrected chi connectivity index (χ4v) is 3.28. The minimum Gasteiger partial charge on any atom is -0.396 e. The number of rotatable bonds is 4. The standard InChI is InChI=1S/C17H22N4O2/c1-12-14(10-19-21(12)13-5-8-18-9-6-13)16(23)20-15-4-3-7-17(15,2)11-22/h5-6,8-10,15,22H,3-4,7,11H2,1-2H3,(H,20,23). The number of hydrogen-bond donors (Lipinski definition) is 2. The molecule has 0 saturated heterocycles. The second kappa shape index (κ2) is 6.12. The lowest BCUT2D eigenvalue weighted by molar-refractivity contribution is 0.0830. The summed E-state index contributed by atoms with van der Waals surface area (Å²) in [7, 11) is 0. The molecule has 23 heavy (non-hydrogen) atoms. The number of nitrogens with zero attached hydrogens (tertiary/aromatic N) is 3. The number of pyridine rings is 1. The Morgan fingerprint density at radius 1 is 1.48 bits per heavy atom. The number of carbonyl (C=O) groups is 1. The van der Waals surface area contributed by atoms with E-state index in [1.807, 2.05) is 26.0 Å². The van der Waals surface area contributed by atoms with Gasteiger partial charge in [0.2, 0.25) is 0 Å². The first kappa shape index (κ1) is 15.7. The normalized spacial score (nSPS) is 23.9. The molecule has 6 nitrogen and oxygen atoms in total. The SMILES string of the molecule is Cc1c(C(=O)NC2CCCC2(C)CO)cnn1-c1ccncc1. The Morgan fingerprint density at radius 2 is 2.22 bits per heavy atom. The summed E-state index contributed by atoms with van der Waals surface area (Å²) in [5.41, 5.74) is 1.99. The highest BCUT2D eigenvalue weighted by atomic mass is 16.3. The first-order valence-corrected chi connectivity index (χ1v) is 7.92. The number of amides is 1. The highest BCUT2D eigenvalue weighted by Crippen LogP contribution is 2.37. The lowest BCUT2D eigenvalue weighted by atomic mass is 9.85. The average Bonchev–Trinajstić information content (AvgIpc) is 3.12. The monoisotopic (exact) mass is 314 g/mol. The third-order valence-electron chi connectivity index (χ3n) is 4.91. The van der Waals surface area contributed by atoms with Crippen LogP contribution in [0.1, 0.15) is 42.2 Å². The Labute approximate surface area is 135 Å². The van der Waals surface area contributed by atoms with Crippen molar-refractivity contribution in [3.05, 3.63) is 42.0 Å². The van der Waals surface area contributed by atoms with Gasteiger partial charge >= 0.3 is 0 Å². The van der Waals surface area contributed by atoms with Gasteiger partial charge in [0, 0.05) is 23.9 Å². The van der Waals surface area contributed by atoms with E-state index in [2.05, 4.69) is 15.4 Å². The summed E-state index contributed by atoms with van der Waals surface area (Å²) in [5.74, 6) is -0.130. The maximum atomic E-state index is 12.6. The Kier molecular flexibility index (Phi) is 4.17. The van der Waals surface area contributed by atoms with E-state index in [9.17, 15) is 9.90 Å². The van der Waals surface area contributed by atoms with Crippen LogP contribution in [0, 0.1) is 12.3 Å². The van der Waals surface area contributed by atoms with Gasteiger partial charge in [0.25, 0.3) is 5.91 Å². The van der Waals surface area contributed by atoms with Crippen molar-refractivity contribution >= 4 is 5.91 Å². The van der Waals surface area contributed by atoms with Crippen molar-refractivity contribution in [1.82, 2.24) is 20.1 Å². The molecule has 0 spiro atoms. The third-order valence-corrected chi connectivity index (χ3v) is 4.91. The van der Waals surface area contributed by atoms with Crippen molar-refractivity contribution in [2.24, 2.45) is 5.41 Å². The zero-order valence-corrected chi connectivity index (χ0v) is 13.5. The van der Waals surface area contributed by atoms with Crippen LogP contribution >= 0.6 is 0 Å². The number of hydrogen-bond acceptors (Lipinski definition) is 4. The number of carbonyl (C=O) groups excluding carboxylic acids is 1. The summed E-state index contributed by atoms with van der Waals surface area (Å²) in [5, 5.41) is 17.0. The van der Waals surface area contributed by atoms with Crippen LogP contribution in [0.5, 0.6) is 0 Å². The third kappa shape index (κ3) is 2.86. The first-order chi connectivity index (χ1) is 11.0. The summed E-state index contributed by atoms with van der Waals surface area (Å²) < 4.78 is 1.73. The smallest absolute Gasteiger partial charge is 0.254 e. The highest BCUT2D eigenvalue weighted by Gasteiger charge is 2.39. The molecule has 3 rings (SSSR count). The fraction of sp³-hybridized carbons (Fsp3) is 0.471. The molecule has 0 radical (unpaired) electrons. The molecule has 2 unspecified atom stereocenters. The molecule has 1 saturated carbocycles. The molecule has 2 N–H and O–H groups in total. The van der Waals surface area contributed by atoms with Gasteiger partial charge < -0.3 is 10.4 Å². The number of aromatic nitrogens is 3. The van der Waals surface area contributed by atoms with Gasteiger partial charge in [0.05, 0.1) is 29.7 Å². The predicted molar refractivity (Wildman–Crippen MR) is 86.4 cm³/mol. The Hall–Kier alpha value is -2.21. The maximum Gasteiger partial charge on any atom is 0.254 e. The topological polar surface area (TPSA) is 80.0 Å². The highest BCUT2D eigenvalue weighted by molar-refractivity contribution is 5.95. The predicted octanol–water partition coefficient (Wildman–Crippen LogP) is 1.86. The zero-order valence-electron chi connectivity index (χ0n) is 13.5. The van der Waals surface area contributed by atoms with E-state index in [0.29, 0.717) is 5.56 Å². The van der Waals surface area contributed by atoms with E-state index in [-0.39, 0.29) is 24.0 Å². The molecule has 2 aromatic heterocycles. The maximum absolute atomic E-state index is 12.6. The Bertz CT molecular complexity index is 698. The molecule has 2 aromatic rings. The minimum atomic E-state index is -0.231. The van der Waals surface area contributed by atoms with Crippen molar-refractivity contribution in [2.75, 3.05) is 6.61 Å². The van der Waals surface area contributed by atoms with Crippen LogP contribution in [0.15, 0.2) is 30.7 Å². The van der Waals surface area contributed by atoms with Crippen molar-refractivity contribution in [2.45, 2.75) is 39.2 Å². The van der Waals surface area contributed by atoms with Gasteiger partial charge in [-0.3, -0.25) is 9.78 Å². The van der Waals surface area contributed by atoms with Crippen LogP contribution in [-0.2, 0) is 0 Å². The zero-order chi connectivity index (χ0) is 16.4. The molecule has 2 heterocycles. The van der Waals surface area contributed by atoms with E-state index in [1.165, 1.54) is 0 Å². The summed E-state index contributed by atoms with van der Waals surface area (Å²) in [6.07, 6.45) is 7.85. The summed E-state index contributed by atoms with van der Waals surface area (Å²) in [6, 6.07) is 3.70. The van der Waals surface area contributed by atoms with Crippen molar-refractivity contribution < 1.29 is 9.90 Å². The molecule has 0 aliphatic heterocycles. The molecule has 1 aliphatic carbocycles. The summed E-state index contributed by atoms with van der Waals surface area (Å²) in [6.45, 7) is 3.99. The second-order valence-corrected chi connectivity index (χ2v) is 6.49. The van der Waals surface area contributed by atoms with Crippen molar-refractivity contribution in [3.8, 4) is 5.69 Å². The number of nitrogens with one attached hydrogen (secondary N) is 1. The molecule has 6 heteroatoms. The van der Waals surface area contributed by atoms with Crippen molar-refractivity contribution in [1.29, 1.82) is 0 Å². The van der Waals surface area contributed by atoms with Gasteiger partial charge in [-0.2, -0.15) is 5.10 Å². The van der Waals surface area contributed by atoms with Crippen LogP contribution in [-0.4, -0.2) is 38.4 Å². The molecular formula is C17H22N4O2. The van der Waals surface area contributed by atoms with Crippen LogP contribution in [0.25, 0.3) is 5.69 Å². The number of aliphatic hydroxyl groups is 1. The van der Waals surface area contributed by atoms with E-state index in [0.717, 1.165) is 30.6 Å². The quantitative estimate of drug-likeness (QED) is 0.902. The number of aliphatic hydroxyl groups excluding tert-OH is 1. The molecule has 1 fully saturated rings. The lowest BCUT2D eigenvalue weighted by Gasteiger charge is -2.30. The molecule has 2 atom stereocenters. The molecule has 0 aromatic carbocycles. The van der Waals surface area contributed by atoms with Gasteiger partial charge in [-0.15, -0.1) is 0 Å². The van der Waals surface area contributed by atoms with Crippen LogP contribution in [0.3, 0.4) is 0 Å². The molecular weight excluding hydrogens is 292 g/mol. The van der Waals surface area contributed by atoms with Crippen LogP contribution in [0.4, 0.5) is 0 Å². The van der Waals surface area contributed by atoms with Crippen LogP contribution in [0.2, 0.25) is 0 Å². The van der Waals surface area contributed by atoms with Crippen LogP contribution < -0.4 is 5.32 Å². The van der Waals surface area contributed by atoms with Gasteiger partial charge in [0.1, 0.15) is 0 Å². The minimum absolute atomic E-state index is 0.00340. The largest absolute Gasteiger partial charge is 0.396 e. The van der Waals surface area contributed by atoms with E-state index >= 15 is 0 Å². The van der Waals surface area contributed by atoms with E-state index < -0.39 is 0 Å². The Balaban J connectivity index is 1.80. The molecule has 0 bridgehead atoms. The van der Waals surface area contributed by atoms with E-state index in [1.54, 1.807) is 23.3 Å². The van der Waals surface area contributed by atoms with Gasteiger partial charge in [-0.25, -0.2) is 4.68 Å². The van der Waals surface area contributed by atoms with E-state index in [4.69, 9.17) is 0 Å².